The van der Waals surface area contributed by atoms with Crippen LogP contribution in [-0.2, 0) is 0 Å². The van der Waals surface area contributed by atoms with Gasteiger partial charge in [-0.2, -0.15) is 0 Å². The summed E-state index contributed by atoms with van der Waals surface area (Å²) in [5.41, 5.74) is -0.0457. The van der Waals surface area contributed by atoms with Gasteiger partial charge in [-0.05, 0) is 24.3 Å². The largest absolute Gasteiger partial charge is 0.478 e. The molecule has 0 amide bonds. The Morgan fingerprint density at radius 3 is 2.20 bits per heavy atom. The Bertz CT molecular complexity index is 676. The number of ether oxygens (including phenoxy) is 2. The highest BCUT2D eigenvalue weighted by Crippen LogP contribution is 2.46. The van der Waals surface area contributed by atoms with Crippen LogP contribution in [0.3, 0.4) is 0 Å². The van der Waals surface area contributed by atoms with Crippen molar-refractivity contribution in [3.63, 3.8) is 0 Å². The van der Waals surface area contributed by atoms with E-state index >= 15 is 0 Å². The molecule has 0 saturated carbocycles. The number of nitro benzene ring substituents is 1. The number of rotatable bonds is 2. The van der Waals surface area contributed by atoms with Crippen molar-refractivity contribution in [3.8, 4) is 23.0 Å². The second-order valence-electron chi connectivity index (χ2n) is 4.06. The summed E-state index contributed by atoms with van der Waals surface area (Å²) in [5.74, 6) is 0.000520. The summed E-state index contributed by atoms with van der Waals surface area (Å²) in [7, 11) is 0. The first-order chi connectivity index (χ1) is 9.54. The summed E-state index contributed by atoms with van der Waals surface area (Å²) in [5, 5.41) is 19.6. The van der Waals surface area contributed by atoms with Gasteiger partial charge < -0.3 is 14.6 Å². The number of carboxylic acid groups (broad SMARTS) is 1. The molecule has 7 nitrogen and oxygen atoms in total. The predicted octanol–water partition coefficient (Wildman–Crippen LogP) is 3.19. The van der Waals surface area contributed by atoms with Gasteiger partial charge in [-0.15, -0.1) is 0 Å². The quantitative estimate of drug-likeness (QED) is 0.568. The molecule has 1 N–H and O–H groups in total. The van der Waals surface area contributed by atoms with E-state index in [2.05, 4.69) is 0 Å². The van der Waals surface area contributed by atoms with Crippen molar-refractivity contribution in [2.45, 2.75) is 0 Å². The smallest absolute Gasteiger partial charge is 0.335 e. The van der Waals surface area contributed by atoms with E-state index in [0.717, 1.165) is 0 Å². The predicted molar refractivity (Wildman–Crippen MR) is 66.6 cm³/mol. The molecule has 0 bridgehead atoms. The highest BCUT2D eigenvalue weighted by atomic mass is 16.6. The van der Waals surface area contributed by atoms with Crippen LogP contribution in [-0.4, -0.2) is 16.0 Å². The normalized spacial score (nSPS) is 11.6. The molecule has 0 atom stereocenters. The van der Waals surface area contributed by atoms with Gasteiger partial charge in [0, 0.05) is 6.07 Å². The lowest BCUT2D eigenvalue weighted by atomic mass is 10.2. The number of carbonyl (C=O) groups is 1. The van der Waals surface area contributed by atoms with Crippen LogP contribution in [0.2, 0.25) is 0 Å². The SMILES string of the molecule is O=C(O)c1ccc2c(c1)Oc1ccc([N+](=O)[O-])cc1O2. The molecule has 1 heterocycles. The molecule has 3 rings (SSSR count). The van der Waals surface area contributed by atoms with Crippen molar-refractivity contribution >= 4 is 11.7 Å². The average molecular weight is 273 g/mol. The lowest BCUT2D eigenvalue weighted by Crippen LogP contribution is -2.02. The number of fused-ring (bicyclic) bond motifs is 2. The zero-order valence-electron chi connectivity index (χ0n) is 9.90. The Morgan fingerprint density at radius 2 is 1.60 bits per heavy atom. The lowest BCUT2D eigenvalue weighted by molar-refractivity contribution is -0.384. The van der Waals surface area contributed by atoms with Gasteiger partial charge in [0.2, 0.25) is 0 Å². The van der Waals surface area contributed by atoms with Crippen LogP contribution >= 0.6 is 0 Å². The van der Waals surface area contributed by atoms with Crippen LogP contribution in [0, 0.1) is 10.1 Å². The van der Waals surface area contributed by atoms with Crippen molar-refractivity contribution in [1.29, 1.82) is 0 Å². The molecule has 0 fully saturated rings. The molecular weight excluding hydrogens is 266 g/mol. The minimum Gasteiger partial charge on any atom is -0.478 e. The summed E-state index contributed by atoms with van der Waals surface area (Å²) < 4.78 is 11.0. The summed E-state index contributed by atoms with van der Waals surface area (Å²) >= 11 is 0. The molecule has 1 aliphatic rings. The third-order valence-electron chi connectivity index (χ3n) is 2.77. The van der Waals surface area contributed by atoms with E-state index in [1.165, 1.54) is 36.4 Å². The van der Waals surface area contributed by atoms with Gasteiger partial charge >= 0.3 is 5.97 Å². The van der Waals surface area contributed by atoms with Crippen molar-refractivity contribution in [2.24, 2.45) is 0 Å². The highest BCUT2D eigenvalue weighted by Gasteiger charge is 2.22. The molecule has 20 heavy (non-hydrogen) atoms. The molecule has 1 aliphatic heterocycles. The Kier molecular flexibility index (Phi) is 2.53. The summed E-state index contributed by atoms with van der Waals surface area (Å²) in [4.78, 5) is 21.0. The van der Waals surface area contributed by atoms with E-state index in [1.54, 1.807) is 0 Å². The van der Waals surface area contributed by atoms with Crippen LogP contribution < -0.4 is 9.47 Å². The maximum absolute atomic E-state index is 10.9. The number of hydrogen-bond acceptors (Lipinski definition) is 5. The topological polar surface area (TPSA) is 98.9 Å². The number of non-ortho nitro benzene ring substituents is 1. The van der Waals surface area contributed by atoms with Gasteiger partial charge in [0.1, 0.15) is 0 Å². The van der Waals surface area contributed by atoms with E-state index in [4.69, 9.17) is 14.6 Å². The molecular formula is C13H7NO6. The summed E-state index contributed by atoms with van der Waals surface area (Å²) in [6.07, 6.45) is 0. The van der Waals surface area contributed by atoms with Crippen LogP contribution in [0.1, 0.15) is 10.4 Å². The first-order valence-electron chi connectivity index (χ1n) is 5.56. The first-order valence-corrected chi connectivity index (χ1v) is 5.56. The monoisotopic (exact) mass is 273 g/mol. The van der Waals surface area contributed by atoms with Gasteiger partial charge in [-0.25, -0.2) is 4.79 Å². The molecule has 0 unspecified atom stereocenters. The van der Waals surface area contributed by atoms with Gasteiger partial charge in [0.15, 0.2) is 23.0 Å². The Morgan fingerprint density at radius 1 is 1.00 bits per heavy atom. The first kappa shape index (κ1) is 12.0. The van der Waals surface area contributed by atoms with E-state index in [1.807, 2.05) is 0 Å². The van der Waals surface area contributed by atoms with E-state index in [9.17, 15) is 14.9 Å². The number of nitro groups is 1. The minimum atomic E-state index is -1.08. The van der Waals surface area contributed by atoms with Crippen LogP contribution in [0.25, 0.3) is 0 Å². The average Bonchev–Trinajstić information content (AvgIpc) is 2.43. The van der Waals surface area contributed by atoms with Crippen LogP contribution in [0.15, 0.2) is 36.4 Å². The zero-order valence-corrected chi connectivity index (χ0v) is 9.90. The van der Waals surface area contributed by atoms with Gasteiger partial charge in [0.25, 0.3) is 5.69 Å². The molecule has 0 aromatic heterocycles. The molecule has 7 heteroatoms. The molecule has 0 spiro atoms. The van der Waals surface area contributed by atoms with Crippen molar-refractivity contribution in [3.05, 3.63) is 52.1 Å². The second-order valence-corrected chi connectivity index (χ2v) is 4.06. The Balaban J connectivity index is 2.02. The summed E-state index contributed by atoms with van der Waals surface area (Å²) in [6, 6.07) is 8.09. The van der Waals surface area contributed by atoms with Crippen molar-refractivity contribution in [2.75, 3.05) is 0 Å². The van der Waals surface area contributed by atoms with Crippen LogP contribution in [0.5, 0.6) is 23.0 Å². The van der Waals surface area contributed by atoms with E-state index < -0.39 is 10.9 Å². The summed E-state index contributed by atoms with van der Waals surface area (Å²) in [6.45, 7) is 0. The standard InChI is InChI=1S/C13H7NO6/c15-13(16)7-1-3-9-11(5-7)19-10-4-2-8(14(17)18)6-12(10)20-9/h1-6H,(H,15,16). The van der Waals surface area contributed by atoms with Crippen LogP contribution in [0.4, 0.5) is 5.69 Å². The van der Waals surface area contributed by atoms with Crippen molar-refractivity contribution in [1.82, 2.24) is 0 Å². The third-order valence-corrected chi connectivity index (χ3v) is 2.77. The lowest BCUT2D eigenvalue weighted by Gasteiger charge is -2.20. The maximum Gasteiger partial charge on any atom is 0.335 e. The molecule has 0 aliphatic carbocycles. The van der Waals surface area contributed by atoms with E-state index in [0.29, 0.717) is 11.5 Å². The second kappa shape index (κ2) is 4.23. The van der Waals surface area contributed by atoms with E-state index in [-0.39, 0.29) is 22.7 Å². The number of hydrogen-bond donors (Lipinski definition) is 1. The fourth-order valence-electron chi connectivity index (χ4n) is 1.82. The molecule has 2 aromatic rings. The highest BCUT2D eigenvalue weighted by molar-refractivity contribution is 5.88. The molecule has 0 radical (unpaired) electrons. The Hall–Kier alpha value is -3.09. The number of carboxylic acids is 1. The van der Waals surface area contributed by atoms with Gasteiger partial charge in [-0.3, -0.25) is 10.1 Å². The van der Waals surface area contributed by atoms with Gasteiger partial charge in [0.05, 0.1) is 16.6 Å². The number of aromatic carboxylic acids is 1. The zero-order chi connectivity index (χ0) is 14.3. The van der Waals surface area contributed by atoms with Crippen molar-refractivity contribution < 1.29 is 24.3 Å². The fraction of sp³-hybridized carbons (Fsp3) is 0. The Labute approximate surface area is 112 Å². The maximum atomic E-state index is 10.9. The third kappa shape index (κ3) is 1.91. The fourth-order valence-corrected chi connectivity index (χ4v) is 1.82. The molecule has 2 aromatic carbocycles. The minimum absolute atomic E-state index is 0.0673. The molecule has 100 valence electrons. The number of nitrogens with zero attached hydrogens (tertiary/aromatic N) is 1. The van der Waals surface area contributed by atoms with Gasteiger partial charge in [-0.1, -0.05) is 0 Å². The number of benzene rings is 2. The molecule has 0 saturated heterocycles.